The van der Waals surface area contributed by atoms with E-state index in [-0.39, 0.29) is 10.3 Å². The number of nitrogens with one attached hydrogen (secondary N) is 1. The normalized spacial score (nSPS) is 18.4. The van der Waals surface area contributed by atoms with Gasteiger partial charge in [-0.05, 0) is 40.3 Å². The van der Waals surface area contributed by atoms with Crippen LogP contribution in [0.2, 0.25) is 0 Å². The molecule has 1 heterocycles. The lowest BCUT2D eigenvalue weighted by molar-refractivity contribution is 0.530. The van der Waals surface area contributed by atoms with Gasteiger partial charge in [0.25, 0.3) is 0 Å². The molecule has 1 saturated carbocycles. The molecule has 4 nitrogen and oxygen atoms in total. The summed E-state index contributed by atoms with van der Waals surface area (Å²) >= 11 is 3.20. The van der Waals surface area contributed by atoms with Crippen molar-refractivity contribution in [1.29, 1.82) is 0 Å². The number of aromatic nitrogens is 1. The molecule has 0 bridgehead atoms. The van der Waals surface area contributed by atoms with Crippen LogP contribution in [0, 0.1) is 5.41 Å². The molecule has 16 heavy (non-hydrogen) atoms. The minimum absolute atomic E-state index is 0.159. The van der Waals surface area contributed by atoms with Crippen LogP contribution < -0.4 is 4.72 Å². The molecule has 1 aliphatic carbocycles. The highest BCUT2D eigenvalue weighted by Gasteiger charge is 2.38. The molecule has 0 aromatic carbocycles. The predicted octanol–water partition coefficient (Wildman–Crippen LogP) is 1.92. The van der Waals surface area contributed by atoms with Gasteiger partial charge in [0.1, 0.15) is 4.90 Å². The third-order valence-electron chi connectivity index (χ3n) is 2.78. The lowest BCUT2D eigenvalue weighted by Gasteiger charge is -2.10. The van der Waals surface area contributed by atoms with E-state index in [2.05, 4.69) is 32.6 Å². The zero-order chi connectivity index (χ0) is 11.8. The molecule has 0 atom stereocenters. The standard InChI is InChI=1S/C10H13BrN2O2S/c1-10(2-3-10)7-13-16(14,15)9-4-8(11)5-12-6-9/h4-6,13H,2-3,7H2,1H3. The maximum Gasteiger partial charge on any atom is 0.242 e. The Morgan fingerprint density at radius 1 is 1.50 bits per heavy atom. The van der Waals surface area contributed by atoms with Gasteiger partial charge in [-0.3, -0.25) is 4.98 Å². The molecular weight excluding hydrogens is 292 g/mol. The molecule has 0 aliphatic heterocycles. The number of hydrogen-bond acceptors (Lipinski definition) is 3. The Bertz CT molecular complexity index is 497. The van der Waals surface area contributed by atoms with Gasteiger partial charge < -0.3 is 0 Å². The van der Waals surface area contributed by atoms with Gasteiger partial charge in [0.2, 0.25) is 10.0 Å². The van der Waals surface area contributed by atoms with E-state index in [1.165, 1.54) is 6.20 Å². The molecule has 1 aliphatic rings. The van der Waals surface area contributed by atoms with E-state index < -0.39 is 10.0 Å². The largest absolute Gasteiger partial charge is 0.262 e. The molecule has 0 saturated heterocycles. The van der Waals surface area contributed by atoms with Crippen LogP contribution in [0.1, 0.15) is 19.8 Å². The zero-order valence-electron chi connectivity index (χ0n) is 8.90. The molecule has 0 spiro atoms. The molecule has 1 fully saturated rings. The highest BCUT2D eigenvalue weighted by molar-refractivity contribution is 9.10. The van der Waals surface area contributed by atoms with Crippen molar-refractivity contribution in [2.75, 3.05) is 6.54 Å². The van der Waals surface area contributed by atoms with Crippen molar-refractivity contribution in [1.82, 2.24) is 9.71 Å². The SMILES string of the molecule is CC1(CNS(=O)(=O)c2cncc(Br)c2)CC1. The maximum atomic E-state index is 11.9. The van der Waals surface area contributed by atoms with Gasteiger partial charge in [0.05, 0.1) is 0 Å². The predicted molar refractivity (Wildman–Crippen MR) is 64.5 cm³/mol. The Morgan fingerprint density at radius 2 is 2.19 bits per heavy atom. The van der Waals surface area contributed by atoms with Crippen LogP contribution in [0.4, 0.5) is 0 Å². The molecule has 0 unspecified atom stereocenters. The lowest BCUT2D eigenvalue weighted by Crippen LogP contribution is -2.29. The highest BCUT2D eigenvalue weighted by atomic mass is 79.9. The maximum absolute atomic E-state index is 11.9. The Labute approximate surface area is 104 Å². The van der Waals surface area contributed by atoms with Crippen molar-refractivity contribution >= 4 is 26.0 Å². The van der Waals surface area contributed by atoms with E-state index in [4.69, 9.17) is 0 Å². The van der Waals surface area contributed by atoms with Crippen LogP contribution in [-0.2, 0) is 10.0 Å². The molecule has 6 heteroatoms. The van der Waals surface area contributed by atoms with Gasteiger partial charge in [-0.1, -0.05) is 6.92 Å². The molecule has 0 amide bonds. The summed E-state index contributed by atoms with van der Waals surface area (Å²) in [7, 11) is -3.42. The van der Waals surface area contributed by atoms with E-state index in [0.29, 0.717) is 11.0 Å². The Morgan fingerprint density at radius 3 is 2.75 bits per heavy atom. The topological polar surface area (TPSA) is 59.1 Å². The molecule has 1 aromatic rings. The summed E-state index contributed by atoms with van der Waals surface area (Å²) in [5.41, 5.74) is 0.159. The second-order valence-electron chi connectivity index (χ2n) is 4.47. The quantitative estimate of drug-likeness (QED) is 0.924. The average Bonchev–Trinajstić information content (AvgIpc) is 2.95. The number of hydrogen-bond donors (Lipinski definition) is 1. The highest BCUT2D eigenvalue weighted by Crippen LogP contribution is 2.44. The van der Waals surface area contributed by atoms with Crippen molar-refractivity contribution in [3.05, 3.63) is 22.9 Å². The van der Waals surface area contributed by atoms with Crippen molar-refractivity contribution in [3.8, 4) is 0 Å². The summed E-state index contributed by atoms with van der Waals surface area (Å²) in [4.78, 5) is 4.04. The summed E-state index contributed by atoms with van der Waals surface area (Å²) in [6.07, 6.45) is 5.09. The smallest absolute Gasteiger partial charge is 0.242 e. The number of rotatable bonds is 4. The molecule has 1 N–H and O–H groups in total. The number of sulfonamides is 1. The Kier molecular flexibility index (Phi) is 3.07. The number of halogens is 1. The summed E-state index contributed by atoms with van der Waals surface area (Å²) in [6.45, 7) is 2.58. The second kappa shape index (κ2) is 4.09. The van der Waals surface area contributed by atoms with Gasteiger partial charge >= 0.3 is 0 Å². The van der Waals surface area contributed by atoms with Crippen LogP contribution >= 0.6 is 15.9 Å². The molecule has 2 rings (SSSR count). The van der Waals surface area contributed by atoms with Crippen LogP contribution in [0.25, 0.3) is 0 Å². The van der Waals surface area contributed by atoms with Crippen molar-refractivity contribution < 1.29 is 8.42 Å². The number of nitrogens with zero attached hydrogens (tertiary/aromatic N) is 1. The fourth-order valence-corrected chi connectivity index (χ4v) is 2.99. The van der Waals surface area contributed by atoms with Crippen LogP contribution in [0.3, 0.4) is 0 Å². The zero-order valence-corrected chi connectivity index (χ0v) is 11.3. The summed E-state index contributed by atoms with van der Waals surface area (Å²) < 4.78 is 27.1. The minimum Gasteiger partial charge on any atom is -0.262 e. The second-order valence-corrected chi connectivity index (χ2v) is 7.16. The molecule has 88 valence electrons. The third-order valence-corrected chi connectivity index (χ3v) is 4.58. The third kappa shape index (κ3) is 2.81. The fraction of sp³-hybridized carbons (Fsp3) is 0.500. The first-order valence-corrected chi connectivity index (χ1v) is 7.29. The van der Waals surface area contributed by atoms with E-state index >= 15 is 0 Å². The first kappa shape index (κ1) is 12.0. The van der Waals surface area contributed by atoms with Crippen LogP contribution in [0.5, 0.6) is 0 Å². The van der Waals surface area contributed by atoms with Gasteiger partial charge in [-0.15, -0.1) is 0 Å². The van der Waals surface area contributed by atoms with Gasteiger partial charge in [0.15, 0.2) is 0 Å². The van der Waals surface area contributed by atoms with E-state index in [1.54, 1.807) is 12.3 Å². The number of pyridine rings is 1. The van der Waals surface area contributed by atoms with Crippen LogP contribution in [0.15, 0.2) is 27.8 Å². The lowest BCUT2D eigenvalue weighted by atomic mass is 10.2. The van der Waals surface area contributed by atoms with Gasteiger partial charge in [-0.25, -0.2) is 13.1 Å². The van der Waals surface area contributed by atoms with Crippen molar-refractivity contribution in [2.24, 2.45) is 5.41 Å². The first-order chi connectivity index (χ1) is 7.41. The fourth-order valence-electron chi connectivity index (χ4n) is 1.28. The van der Waals surface area contributed by atoms with E-state index in [0.717, 1.165) is 12.8 Å². The Hall–Kier alpha value is -0.460. The molecular formula is C10H13BrN2O2S. The van der Waals surface area contributed by atoms with E-state index in [9.17, 15) is 8.42 Å². The summed E-state index contributed by atoms with van der Waals surface area (Å²) in [6, 6.07) is 1.55. The first-order valence-electron chi connectivity index (χ1n) is 5.02. The molecule has 0 radical (unpaired) electrons. The average molecular weight is 305 g/mol. The minimum atomic E-state index is -3.42. The molecule has 1 aromatic heterocycles. The van der Waals surface area contributed by atoms with Gasteiger partial charge in [-0.2, -0.15) is 0 Å². The monoisotopic (exact) mass is 304 g/mol. The van der Waals surface area contributed by atoms with Gasteiger partial charge in [0, 0.05) is 23.4 Å². The van der Waals surface area contributed by atoms with Crippen molar-refractivity contribution in [3.63, 3.8) is 0 Å². The van der Waals surface area contributed by atoms with Crippen molar-refractivity contribution in [2.45, 2.75) is 24.7 Å². The van der Waals surface area contributed by atoms with Crippen LogP contribution in [-0.4, -0.2) is 19.9 Å². The Balaban J connectivity index is 2.12. The summed E-state index contributed by atoms with van der Waals surface area (Å²) in [5, 5.41) is 0. The summed E-state index contributed by atoms with van der Waals surface area (Å²) in [5.74, 6) is 0. The van der Waals surface area contributed by atoms with E-state index in [1.807, 2.05) is 0 Å².